The van der Waals surface area contributed by atoms with Crippen LogP contribution in [0.3, 0.4) is 0 Å². The van der Waals surface area contributed by atoms with E-state index < -0.39 is 4.92 Å². The third-order valence-electron chi connectivity index (χ3n) is 5.01. The largest absolute Gasteiger partial charge is 0.269 e. The maximum absolute atomic E-state index is 13.6. The van der Waals surface area contributed by atoms with E-state index in [-0.39, 0.29) is 11.2 Å². The Hall–Kier alpha value is -2.97. The zero-order chi connectivity index (χ0) is 22.0. The van der Waals surface area contributed by atoms with Crippen molar-refractivity contribution in [2.45, 2.75) is 37.6 Å². The van der Waals surface area contributed by atoms with Crippen LogP contribution >= 0.6 is 23.1 Å². The number of aryl methyl sites for hydroxylation is 2. The second kappa shape index (κ2) is 9.03. The van der Waals surface area contributed by atoms with Gasteiger partial charge < -0.3 is 0 Å². The van der Waals surface area contributed by atoms with Crippen molar-refractivity contribution in [3.05, 3.63) is 91.1 Å². The third-order valence-corrected chi connectivity index (χ3v) is 7.27. The fourth-order valence-corrected chi connectivity index (χ4v) is 5.76. The molecule has 0 amide bonds. The zero-order valence-corrected chi connectivity index (χ0v) is 18.8. The van der Waals surface area contributed by atoms with E-state index in [9.17, 15) is 14.9 Å². The highest BCUT2D eigenvalue weighted by atomic mass is 32.2. The van der Waals surface area contributed by atoms with Crippen LogP contribution in [0.5, 0.6) is 0 Å². The number of thiophene rings is 1. The minimum absolute atomic E-state index is 0.0556. The van der Waals surface area contributed by atoms with Gasteiger partial charge in [-0.1, -0.05) is 55.4 Å². The fourth-order valence-electron chi connectivity index (χ4n) is 3.49. The van der Waals surface area contributed by atoms with Crippen LogP contribution in [0.2, 0.25) is 0 Å². The predicted octanol–water partition coefficient (Wildman–Crippen LogP) is 5.91. The first-order valence-electron chi connectivity index (χ1n) is 9.96. The number of rotatable bonds is 7. The van der Waals surface area contributed by atoms with Crippen LogP contribution in [0.15, 0.2) is 64.5 Å². The number of para-hydroxylation sites is 1. The number of fused-ring (bicyclic) bond motifs is 1. The highest BCUT2D eigenvalue weighted by molar-refractivity contribution is 7.98. The van der Waals surface area contributed by atoms with Crippen LogP contribution in [0, 0.1) is 17.0 Å². The lowest BCUT2D eigenvalue weighted by atomic mass is 10.1. The van der Waals surface area contributed by atoms with Gasteiger partial charge in [0.25, 0.3) is 11.2 Å². The van der Waals surface area contributed by atoms with Crippen LogP contribution in [0.4, 0.5) is 5.69 Å². The molecule has 0 aliphatic heterocycles. The van der Waals surface area contributed by atoms with Gasteiger partial charge in [0.05, 0.1) is 16.0 Å². The predicted molar refractivity (Wildman–Crippen MR) is 127 cm³/mol. The number of nitrogens with zero attached hydrogens (tertiary/aromatic N) is 3. The summed E-state index contributed by atoms with van der Waals surface area (Å²) in [5.41, 5.74) is 2.56. The molecule has 0 unspecified atom stereocenters. The summed E-state index contributed by atoms with van der Waals surface area (Å²) in [4.78, 5) is 31.1. The Balaban J connectivity index is 1.82. The molecule has 6 nitrogen and oxygen atoms in total. The van der Waals surface area contributed by atoms with Crippen molar-refractivity contribution in [1.82, 2.24) is 9.55 Å². The molecule has 2 heterocycles. The Labute approximate surface area is 187 Å². The Morgan fingerprint density at radius 2 is 1.94 bits per heavy atom. The van der Waals surface area contributed by atoms with Gasteiger partial charge in [0.1, 0.15) is 4.83 Å². The Kier molecular flexibility index (Phi) is 6.20. The number of aromatic nitrogens is 2. The summed E-state index contributed by atoms with van der Waals surface area (Å²) in [5.74, 6) is 0.471. The van der Waals surface area contributed by atoms with Gasteiger partial charge in [0.15, 0.2) is 5.16 Å². The molecule has 31 heavy (non-hydrogen) atoms. The normalized spacial score (nSPS) is 11.2. The lowest BCUT2D eigenvalue weighted by Crippen LogP contribution is -2.21. The summed E-state index contributed by atoms with van der Waals surface area (Å²) < 4.78 is 1.65. The van der Waals surface area contributed by atoms with Crippen molar-refractivity contribution in [2.24, 2.45) is 0 Å². The number of nitro groups is 1. The average Bonchev–Trinajstić information content (AvgIpc) is 3.09. The molecule has 0 saturated carbocycles. The molecule has 0 saturated heterocycles. The summed E-state index contributed by atoms with van der Waals surface area (Å²) in [6.45, 7) is 4.12. The van der Waals surface area contributed by atoms with E-state index in [1.165, 1.54) is 22.7 Å². The summed E-state index contributed by atoms with van der Waals surface area (Å²) in [5, 5.41) is 12.3. The lowest BCUT2D eigenvalue weighted by Gasteiger charge is -2.12. The number of nitro benzene ring substituents is 1. The molecule has 8 heteroatoms. The number of hydrogen-bond donors (Lipinski definition) is 0. The van der Waals surface area contributed by atoms with Crippen molar-refractivity contribution in [3.8, 4) is 5.69 Å². The van der Waals surface area contributed by atoms with Crippen molar-refractivity contribution in [2.75, 3.05) is 0 Å². The summed E-state index contributed by atoms with van der Waals surface area (Å²) in [6.07, 6.45) is 1.93. The van der Waals surface area contributed by atoms with Crippen molar-refractivity contribution < 1.29 is 4.92 Å². The molecule has 0 radical (unpaired) electrons. The van der Waals surface area contributed by atoms with Gasteiger partial charge in [-0.2, -0.15) is 0 Å². The molecule has 0 atom stereocenters. The summed E-state index contributed by atoms with van der Waals surface area (Å²) in [6, 6.07) is 16.0. The van der Waals surface area contributed by atoms with Gasteiger partial charge in [-0.05, 0) is 36.6 Å². The standard InChI is InChI=1S/C23H21N3O3S2/c1-3-8-19-15(2)20-21(31-19)24-23(25(22(20)27)17-10-5-4-6-11-17)30-14-16-9-7-12-18(13-16)26(28)29/h4-7,9-13H,3,8,14H2,1-2H3. The van der Waals surface area contributed by atoms with E-state index in [1.54, 1.807) is 28.0 Å². The molecule has 0 aliphatic rings. The summed E-state index contributed by atoms with van der Waals surface area (Å²) >= 11 is 2.99. The number of thioether (sulfide) groups is 1. The molecule has 2 aromatic carbocycles. The van der Waals surface area contributed by atoms with E-state index in [4.69, 9.17) is 4.98 Å². The van der Waals surface area contributed by atoms with Gasteiger partial charge in [0.2, 0.25) is 0 Å². The van der Waals surface area contributed by atoms with Crippen LogP contribution in [0.1, 0.15) is 29.3 Å². The lowest BCUT2D eigenvalue weighted by molar-refractivity contribution is -0.384. The fraction of sp³-hybridized carbons (Fsp3) is 0.217. The van der Waals surface area contributed by atoms with Gasteiger partial charge in [0, 0.05) is 22.8 Å². The first-order chi connectivity index (χ1) is 15.0. The van der Waals surface area contributed by atoms with E-state index in [2.05, 4.69) is 6.92 Å². The van der Waals surface area contributed by atoms with Crippen LogP contribution in [-0.4, -0.2) is 14.5 Å². The second-order valence-electron chi connectivity index (χ2n) is 7.17. The smallest absolute Gasteiger partial charge is 0.268 e. The molecule has 2 aromatic heterocycles. The molecule has 4 aromatic rings. The quantitative estimate of drug-likeness (QED) is 0.151. The second-order valence-corrected chi connectivity index (χ2v) is 9.19. The van der Waals surface area contributed by atoms with Crippen LogP contribution in [-0.2, 0) is 12.2 Å². The first kappa shape index (κ1) is 21.3. The van der Waals surface area contributed by atoms with Crippen LogP contribution < -0.4 is 5.56 Å². The molecular formula is C23H21N3O3S2. The third kappa shape index (κ3) is 4.26. The Morgan fingerprint density at radius 3 is 2.65 bits per heavy atom. The van der Waals surface area contributed by atoms with E-state index in [1.807, 2.05) is 43.3 Å². The molecule has 0 fully saturated rings. The highest BCUT2D eigenvalue weighted by Gasteiger charge is 2.19. The number of benzene rings is 2. The molecule has 158 valence electrons. The van der Waals surface area contributed by atoms with Gasteiger partial charge in [-0.15, -0.1) is 11.3 Å². The number of non-ortho nitro benzene ring substituents is 1. The molecule has 0 aliphatic carbocycles. The maximum atomic E-state index is 13.6. The van der Waals surface area contributed by atoms with E-state index in [0.717, 1.165) is 34.5 Å². The zero-order valence-electron chi connectivity index (χ0n) is 17.2. The molecule has 0 N–H and O–H groups in total. The topological polar surface area (TPSA) is 78.0 Å². The molecule has 0 bridgehead atoms. The van der Waals surface area contributed by atoms with Crippen molar-refractivity contribution in [1.29, 1.82) is 0 Å². The first-order valence-corrected chi connectivity index (χ1v) is 11.8. The van der Waals surface area contributed by atoms with Crippen LogP contribution in [0.25, 0.3) is 15.9 Å². The molecule has 4 rings (SSSR count). The minimum Gasteiger partial charge on any atom is -0.268 e. The molecule has 0 spiro atoms. The monoisotopic (exact) mass is 451 g/mol. The molecular weight excluding hydrogens is 430 g/mol. The highest BCUT2D eigenvalue weighted by Crippen LogP contribution is 2.32. The van der Waals surface area contributed by atoms with E-state index in [0.29, 0.717) is 16.3 Å². The van der Waals surface area contributed by atoms with Crippen molar-refractivity contribution in [3.63, 3.8) is 0 Å². The SMILES string of the molecule is CCCc1sc2nc(SCc3cccc([N+](=O)[O-])c3)n(-c3ccccc3)c(=O)c2c1C. The minimum atomic E-state index is -0.401. The average molecular weight is 452 g/mol. The van der Waals surface area contributed by atoms with Gasteiger partial charge in [-0.3, -0.25) is 19.5 Å². The van der Waals surface area contributed by atoms with E-state index >= 15 is 0 Å². The Morgan fingerprint density at radius 1 is 1.16 bits per heavy atom. The maximum Gasteiger partial charge on any atom is 0.269 e. The number of hydrogen-bond acceptors (Lipinski definition) is 6. The van der Waals surface area contributed by atoms with Crippen molar-refractivity contribution >= 4 is 39.0 Å². The Bertz CT molecular complexity index is 1310. The van der Waals surface area contributed by atoms with Gasteiger partial charge in [-0.25, -0.2) is 4.98 Å². The summed E-state index contributed by atoms with van der Waals surface area (Å²) in [7, 11) is 0. The van der Waals surface area contributed by atoms with Gasteiger partial charge >= 0.3 is 0 Å².